The van der Waals surface area contributed by atoms with E-state index in [-0.39, 0.29) is 0 Å². The van der Waals surface area contributed by atoms with E-state index in [9.17, 15) is 0 Å². The maximum Gasteiger partial charge on any atom is 0.223 e. The van der Waals surface area contributed by atoms with Crippen LogP contribution in [0, 0.1) is 6.92 Å². The molecule has 0 saturated carbocycles. The Kier molecular flexibility index (Phi) is 5.90. The second-order valence-electron chi connectivity index (χ2n) is 3.98. The van der Waals surface area contributed by atoms with E-state index in [1.807, 2.05) is 13.1 Å². The van der Waals surface area contributed by atoms with Crippen molar-refractivity contribution < 1.29 is 4.52 Å². The van der Waals surface area contributed by atoms with Gasteiger partial charge in [-0.15, -0.1) is 6.58 Å². The summed E-state index contributed by atoms with van der Waals surface area (Å²) in [4.78, 5) is 10.4. The summed E-state index contributed by atoms with van der Waals surface area (Å²) in [6.45, 7) is 6.92. The van der Waals surface area contributed by atoms with Crippen molar-refractivity contribution in [2.24, 2.45) is 4.99 Å². The van der Waals surface area contributed by atoms with Crippen LogP contribution < -0.4 is 5.32 Å². The van der Waals surface area contributed by atoms with Gasteiger partial charge < -0.3 is 14.7 Å². The molecule has 0 unspecified atom stereocenters. The zero-order valence-corrected chi connectivity index (χ0v) is 11.3. The van der Waals surface area contributed by atoms with Crippen LogP contribution in [-0.4, -0.2) is 41.6 Å². The molecule has 0 fully saturated rings. The Morgan fingerprint density at radius 1 is 1.61 bits per heavy atom. The van der Waals surface area contributed by atoms with Crippen LogP contribution in [0.2, 0.25) is 0 Å². The summed E-state index contributed by atoms with van der Waals surface area (Å²) in [7, 11) is 3.76. The Labute approximate surface area is 108 Å². The highest BCUT2D eigenvalue weighted by Crippen LogP contribution is 1.97. The number of hydrogen-bond donors (Lipinski definition) is 1. The van der Waals surface area contributed by atoms with Crippen molar-refractivity contribution in [3.8, 4) is 0 Å². The maximum absolute atomic E-state index is 4.90. The van der Waals surface area contributed by atoms with Crippen LogP contribution in [0.3, 0.4) is 0 Å². The van der Waals surface area contributed by atoms with Gasteiger partial charge in [-0.25, -0.2) is 0 Å². The summed E-state index contributed by atoms with van der Waals surface area (Å²) in [5.74, 6) is 2.02. The molecule has 6 nitrogen and oxygen atoms in total. The molecule has 0 atom stereocenters. The van der Waals surface area contributed by atoms with Gasteiger partial charge in [0.05, 0.1) is 6.54 Å². The van der Waals surface area contributed by atoms with Crippen molar-refractivity contribution in [2.75, 3.05) is 20.6 Å². The van der Waals surface area contributed by atoms with Gasteiger partial charge in [0.2, 0.25) is 5.89 Å². The monoisotopic (exact) mass is 251 g/mol. The Hall–Kier alpha value is -1.85. The quantitative estimate of drug-likeness (QED) is 0.358. The second-order valence-corrected chi connectivity index (χ2v) is 3.98. The van der Waals surface area contributed by atoms with E-state index in [1.54, 1.807) is 14.0 Å². The summed E-state index contributed by atoms with van der Waals surface area (Å²) >= 11 is 0. The van der Waals surface area contributed by atoms with Gasteiger partial charge in [-0.05, 0) is 12.8 Å². The number of nitrogens with one attached hydrogen (secondary N) is 1. The molecule has 0 saturated heterocycles. The number of rotatable bonds is 6. The lowest BCUT2D eigenvalue weighted by Gasteiger charge is -2.21. The van der Waals surface area contributed by atoms with E-state index in [0.29, 0.717) is 18.3 Å². The molecule has 0 spiro atoms. The fourth-order valence-electron chi connectivity index (χ4n) is 1.53. The molecule has 0 aliphatic heterocycles. The minimum absolute atomic E-state index is 0.510. The summed E-state index contributed by atoms with van der Waals surface area (Å²) in [5.41, 5.74) is 0. The lowest BCUT2D eigenvalue weighted by molar-refractivity contribution is 0.386. The molecule has 0 bridgehead atoms. The topological polar surface area (TPSA) is 66.5 Å². The molecule has 0 aliphatic carbocycles. The molecule has 0 aromatic carbocycles. The zero-order chi connectivity index (χ0) is 13.4. The first-order valence-electron chi connectivity index (χ1n) is 5.99. The first-order chi connectivity index (χ1) is 8.67. The third kappa shape index (κ3) is 4.57. The van der Waals surface area contributed by atoms with E-state index in [4.69, 9.17) is 4.52 Å². The second kappa shape index (κ2) is 7.47. The van der Waals surface area contributed by atoms with Crippen molar-refractivity contribution >= 4 is 5.96 Å². The van der Waals surface area contributed by atoms with Gasteiger partial charge in [-0.1, -0.05) is 11.2 Å². The van der Waals surface area contributed by atoms with E-state index in [0.717, 1.165) is 25.3 Å². The zero-order valence-electron chi connectivity index (χ0n) is 11.3. The lowest BCUT2D eigenvalue weighted by atomic mass is 10.3. The molecule has 6 heteroatoms. The van der Waals surface area contributed by atoms with E-state index in [1.165, 1.54) is 0 Å². The predicted molar refractivity (Wildman–Crippen MR) is 71.3 cm³/mol. The number of aromatic nitrogens is 2. The van der Waals surface area contributed by atoms with Gasteiger partial charge in [0.25, 0.3) is 0 Å². The van der Waals surface area contributed by atoms with Crippen LogP contribution in [-0.2, 0) is 6.54 Å². The number of guanidine groups is 1. The highest BCUT2D eigenvalue weighted by atomic mass is 16.5. The first kappa shape index (κ1) is 14.2. The van der Waals surface area contributed by atoms with Crippen molar-refractivity contribution in [1.82, 2.24) is 20.4 Å². The summed E-state index contributed by atoms with van der Waals surface area (Å²) in [6, 6.07) is 0. The fraction of sp³-hybridized carbons (Fsp3) is 0.583. The molecule has 1 N–H and O–H groups in total. The molecule has 1 aromatic heterocycles. The summed E-state index contributed by atoms with van der Waals surface area (Å²) in [5, 5.41) is 7.01. The highest BCUT2D eigenvalue weighted by Gasteiger charge is 2.07. The number of aryl methyl sites for hydroxylation is 1. The Bertz CT molecular complexity index is 399. The van der Waals surface area contributed by atoms with Gasteiger partial charge in [0, 0.05) is 27.6 Å². The van der Waals surface area contributed by atoms with Gasteiger partial charge in [-0.3, -0.25) is 4.99 Å². The molecular formula is C12H21N5O. The summed E-state index contributed by atoms with van der Waals surface area (Å²) < 4.78 is 4.90. The van der Waals surface area contributed by atoms with Crippen molar-refractivity contribution in [3.63, 3.8) is 0 Å². The minimum atomic E-state index is 0.510. The Morgan fingerprint density at radius 3 is 2.94 bits per heavy atom. The molecule has 0 radical (unpaired) electrons. The number of aliphatic imine (C=N–C) groups is 1. The van der Waals surface area contributed by atoms with Crippen LogP contribution in [0.1, 0.15) is 24.6 Å². The molecule has 100 valence electrons. The van der Waals surface area contributed by atoms with Crippen LogP contribution in [0.15, 0.2) is 22.2 Å². The van der Waals surface area contributed by atoms with Gasteiger partial charge >= 0.3 is 0 Å². The Morgan fingerprint density at radius 2 is 2.39 bits per heavy atom. The normalized spacial score (nSPS) is 11.4. The molecule has 18 heavy (non-hydrogen) atoms. The average molecular weight is 251 g/mol. The molecule has 1 heterocycles. The fourth-order valence-corrected chi connectivity index (χ4v) is 1.53. The lowest BCUT2D eigenvalue weighted by Crippen LogP contribution is -2.39. The van der Waals surface area contributed by atoms with Gasteiger partial charge in [0.1, 0.15) is 0 Å². The third-order valence-corrected chi connectivity index (χ3v) is 2.45. The van der Waals surface area contributed by atoms with Crippen molar-refractivity contribution in [2.45, 2.75) is 26.3 Å². The van der Waals surface area contributed by atoms with Crippen LogP contribution in [0.5, 0.6) is 0 Å². The van der Waals surface area contributed by atoms with Crippen LogP contribution in [0.25, 0.3) is 0 Å². The largest absolute Gasteiger partial charge is 0.349 e. The van der Waals surface area contributed by atoms with E-state index < -0.39 is 0 Å². The van der Waals surface area contributed by atoms with Crippen molar-refractivity contribution in [1.29, 1.82) is 0 Å². The summed E-state index contributed by atoms with van der Waals surface area (Å²) in [6.07, 6.45) is 3.99. The minimum Gasteiger partial charge on any atom is -0.349 e. The molecule has 1 rings (SSSR count). The maximum atomic E-state index is 4.90. The smallest absolute Gasteiger partial charge is 0.223 e. The molecule has 0 amide bonds. The van der Waals surface area contributed by atoms with Crippen molar-refractivity contribution in [3.05, 3.63) is 24.4 Å². The number of nitrogens with zero attached hydrogens (tertiary/aromatic N) is 4. The number of allylic oxidation sites excluding steroid dienone is 1. The molecule has 0 aliphatic rings. The standard InChI is InChI=1S/C12H21N5O/c1-5-6-7-8-17(4)12(13-3)14-9-11-15-10(2)18-16-11/h5H,1,6-9H2,2-4H3,(H,13,14). The predicted octanol–water partition coefficient (Wildman–Crippen LogP) is 1.35. The molecular weight excluding hydrogens is 230 g/mol. The first-order valence-corrected chi connectivity index (χ1v) is 5.99. The van der Waals surface area contributed by atoms with Gasteiger partial charge in [0.15, 0.2) is 11.8 Å². The number of unbranched alkanes of at least 4 members (excludes halogenated alkanes) is 1. The highest BCUT2D eigenvalue weighted by molar-refractivity contribution is 5.79. The number of hydrogen-bond acceptors (Lipinski definition) is 4. The van der Waals surface area contributed by atoms with Crippen LogP contribution in [0.4, 0.5) is 0 Å². The third-order valence-electron chi connectivity index (χ3n) is 2.45. The van der Waals surface area contributed by atoms with Crippen LogP contribution >= 0.6 is 0 Å². The molecule has 1 aromatic rings. The Balaban J connectivity index is 2.39. The SMILES string of the molecule is C=CCCCN(C)C(=NC)NCc1noc(C)n1. The van der Waals surface area contributed by atoms with E-state index >= 15 is 0 Å². The van der Waals surface area contributed by atoms with E-state index in [2.05, 4.69) is 31.9 Å². The van der Waals surface area contributed by atoms with Gasteiger partial charge in [-0.2, -0.15) is 4.98 Å². The average Bonchev–Trinajstić information content (AvgIpc) is 2.76.